The van der Waals surface area contributed by atoms with Gasteiger partial charge in [-0.15, -0.1) is 0 Å². The first-order valence-corrected chi connectivity index (χ1v) is 11.4. The number of benzene rings is 1. The van der Waals surface area contributed by atoms with Gasteiger partial charge in [0.25, 0.3) is 0 Å². The van der Waals surface area contributed by atoms with Crippen molar-refractivity contribution < 1.29 is 23.5 Å². The van der Waals surface area contributed by atoms with E-state index in [1.54, 1.807) is 0 Å². The third kappa shape index (κ3) is 6.41. The maximum atomic E-state index is 10.3. The number of ether oxygens (including phenoxy) is 4. The van der Waals surface area contributed by atoms with Gasteiger partial charge in [-0.1, -0.05) is 18.2 Å². The standard InChI is InChI=1S/C21H29N4O5P/c1-2-27-15-18-24-19-20(16-5-3-4-6-17(16)23-21(19)22)25(18)7-8-28-9-10-29-11-12-30-13-14-31-26/h3-6H,2,7-15H2,1H3,(H2,22,23). The van der Waals surface area contributed by atoms with Crippen LogP contribution in [0.2, 0.25) is 0 Å². The van der Waals surface area contributed by atoms with Crippen LogP contribution in [0.15, 0.2) is 24.3 Å². The van der Waals surface area contributed by atoms with Gasteiger partial charge in [-0.3, -0.25) is 4.57 Å². The minimum atomic E-state index is 0.105. The average Bonchev–Trinajstić information content (AvgIpc) is 3.15. The smallest absolute Gasteiger partial charge is 0.157 e. The number of pyridine rings is 1. The summed E-state index contributed by atoms with van der Waals surface area (Å²) in [5.41, 5.74) is 8.67. The molecule has 2 N–H and O–H groups in total. The number of hydrogen-bond acceptors (Lipinski definition) is 8. The molecule has 168 valence electrons. The van der Waals surface area contributed by atoms with Crippen molar-refractivity contribution in [2.24, 2.45) is 0 Å². The third-order valence-electron chi connectivity index (χ3n) is 4.65. The van der Waals surface area contributed by atoms with Crippen LogP contribution in [0.1, 0.15) is 12.7 Å². The lowest BCUT2D eigenvalue weighted by molar-refractivity contribution is 0.0156. The number of para-hydroxylation sites is 1. The van der Waals surface area contributed by atoms with E-state index in [2.05, 4.69) is 9.55 Å². The molecule has 0 atom stereocenters. The molecule has 9 nitrogen and oxygen atoms in total. The first kappa shape index (κ1) is 23.5. The van der Waals surface area contributed by atoms with Gasteiger partial charge in [-0.25, -0.2) is 9.97 Å². The monoisotopic (exact) mass is 448 g/mol. The highest BCUT2D eigenvalue weighted by Gasteiger charge is 2.17. The molecule has 0 aliphatic carbocycles. The highest BCUT2D eigenvalue weighted by Crippen LogP contribution is 2.29. The summed E-state index contributed by atoms with van der Waals surface area (Å²) in [6, 6.07) is 7.90. The van der Waals surface area contributed by atoms with Gasteiger partial charge in [0.05, 0.1) is 56.8 Å². The summed E-state index contributed by atoms with van der Waals surface area (Å²) < 4.78 is 34.5. The number of anilines is 1. The third-order valence-corrected chi connectivity index (χ3v) is 5.02. The van der Waals surface area contributed by atoms with Crippen LogP contribution in [0, 0.1) is 0 Å². The number of hydrogen-bond donors (Lipinski definition) is 1. The number of fused-ring (bicyclic) bond motifs is 3. The van der Waals surface area contributed by atoms with E-state index in [4.69, 9.17) is 29.7 Å². The normalized spacial score (nSPS) is 11.8. The van der Waals surface area contributed by atoms with E-state index in [0.29, 0.717) is 76.9 Å². The quantitative estimate of drug-likeness (QED) is 0.279. The number of aromatic nitrogens is 3. The van der Waals surface area contributed by atoms with Gasteiger partial charge in [0.15, 0.2) is 14.3 Å². The summed E-state index contributed by atoms with van der Waals surface area (Å²) >= 11 is 0. The lowest BCUT2D eigenvalue weighted by Crippen LogP contribution is -2.14. The van der Waals surface area contributed by atoms with Gasteiger partial charge >= 0.3 is 0 Å². The zero-order valence-electron chi connectivity index (χ0n) is 17.8. The fraction of sp³-hybridized carbons (Fsp3) is 0.524. The summed E-state index contributed by atoms with van der Waals surface area (Å²) in [5, 5.41) is 1.00. The molecule has 3 aromatic rings. The van der Waals surface area contributed by atoms with Crippen molar-refractivity contribution >= 4 is 36.2 Å². The molecular formula is C21H29N4O5P. The van der Waals surface area contributed by atoms with Crippen molar-refractivity contribution in [1.82, 2.24) is 14.5 Å². The number of rotatable bonds is 15. The Morgan fingerprint density at radius 3 is 2.42 bits per heavy atom. The molecule has 0 radical (unpaired) electrons. The van der Waals surface area contributed by atoms with Crippen molar-refractivity contribution in [1.29, 1.82) is 0 Å². The van der Waals surface area contributed by atoms with Crippen molar-refractivity contribution in [2.45, 2.75) is 20.1 Å². The predicted molar refractivity (Wildman–Crippen MR) is 120 cm³/mol. The van der Waals surface area contributed by atoms with E-state index in [1.165, 1.54) is 0 Å². The van der Waals surface area contributed by atoms with Gasteiger partial charge in [-0.2, -0.15) is 0 Å². The highest BCUT2D eigenvalue weighted by atomic mass is 31.1. The zero-order chi connectivity index (χ0) is 21.9. The van der Waals surface area contributed by atoms with E-state index in [-0.39, 0.29) is 8.46 Å². The Hall–Kier alpha value is -2.16. The van der Waals surface area contributed by atoms with E-state index < -0.39 is 0 Å². The molecule has 31 heavy (non-hydrogen) atoms. The maximum absolute atomic E-state index is 10.3. The summed E-state index contributed by atoms with van der Waals surface area (Å²) in [4.78, 5) is 9.19. The minimum absolute atomic E-state index is 0.105. The van der Waals surface area contributed by atoms with Crippen molar-refractivity contribution in [3.05, 3.63) is 30.1 Å². The van der Waals surface area contributed by atoms with Crippen molar-refractivity contribution in [3.63, 3.8) is 0 Å². The Kier molecular flexibility index (Phi) is 9.58. The van der Waals surface area contributed by atoms with Crippen molar-refractivity contribution in [2.75, 3.05) is 58.1 Å². The van der Waals surface area contributed by atoms with Crippen LogP contribution in [0.4, 0.5) is 5.82 Å². The van der Waals surface area contributed by atoms with Crippen LogP contribution < -0.4 is 5.73 Å². The van der Waals surface area contributed by atoms with E-state index in [0.717, 1.165) is 22.2 Å². The highest BCUT2D eigenvalue weighted by molar-refractivity contribution is 7.23. The van der Waals surface area contributed by atoms with E-state index in [9.17, 15) is 4.57 Å². The minimum Gasteiger partial charge on any atom is -0.382 e. The number of nitrogen functional groups attached to an aromatic ring is 1. The van der Waals surface area contributed by atoms with Gasteiger partial charge in [0.2, 0.25) is 0 Å². The molecule has 3 rings (SSSR count). The molecule has 2 aromatic heterocycles. The predicted octanol–water partition coefficient (Wildman–Crippen LogP) is 3.04. The van der Waals surface area contributed by atoms with Crippen LogP contribution >= 0.6 is 8.46 Å². The molecule has 0 saturated carbocycles. The molecule has 0 fully saturated rings. The molecule has 0 amide bonds. The second kappa shape index (κ2) is 12.6. The lowest BCUT2D eigenvalue weighted by Gasteiger charge is -2.12. The Bertz CT molecular complexity index is 981. The van der Waals surface area contributed by atoms with Crippen molar-refractivity contribution in [3.8, 4) is 0 Å². The summed E-state index contributed by atoms with van der Waals surface area (Å²) in [6.45, 7) is 6.49. The van der Waals surface area contributed by atoms with E-state index in [1.807, 2.05) is 31.2 Å². The fourth-order valence-electron chi connectivity index (χ4n) is 3.25. The lowest BCUT2D eigenvalue weighted by atomic mass is 10.2. The maximum Gasteiger partial charge on any atom is 0.157 e. The summed E-state index contributed by atoms with van der Waals surface area (Å²) in [5.74, 6) is 1.22. The molecule has 0 spiro atoms. The molecule has 0 unspecified atom stereocenters. The fourth-order valence-corrected chi connectivity index (χ4v) is 3.45. The van der Waals surface area contributed by atoms with Gasteiger partial charge in [0, 0.05) is 18.5 Å². The summed E-state index contributed by atoms with van der Waals surface area (Å²) in [7, 11) is 0.105. The van der Waals surface area contributed by atoms with Gasteiger partial charge in [0.1, 0.15) is 17.9 Å². The first-order valence-electron chi connectivity index (χ1n) is 10.4. The molecule has 0 aliphatic rings. The van der Waals surface area contributed by atoms with Gasteiger partial charge < -0.3 is 29.2 Å². The Morgan fingerprint density at radius 2 is 1.68 bits per heavy atom. The second-order valence-corrected chi connectivity index (χ2v) is 7.42. The molecule has 0 bridgehead atoms. The molecule has 1 aromatic carbocycles. The Balaban J connectivity index is 1.59. The summed E-state index contributed by atoms with van der Waals surface area (Å²) in [6.07, 6.45) is 0.508. The van der Waals surface area contributed by atoms with Crippen LogP contribution in [0.3, 0.4) is 0 Å². The molecule has 0 aliphatic heterocycles. The molecule has 0 saturated heterocycles. The molecular weight excluding hydrogens is 419 g/mol. The molecule has 10 heteroatoms. The average molecular weight is 448 g/mol. The zero-order valence-corrected chi connectivity index (χ0v) is 18.7. The number of nitrogens with two attached hydrogens (primary N) is 1. The molecule has 2 heterocycles. The van der Waals surface area contributed by atoms with Crippen LogP contribution in [-0.2, 0) is 36.7 Å². The van der Waals surface area contributed by atoms with Crippen LogP contribution in [-0.4, -0.2) is 66.9 Å². The number of nitrogens with zero attached hydrogens (tertiary/aromatic N) is 3. The Morgan fingerprint density at radius 1 is 0.968 bits per heavy atom. The van der Waals surface area contributed by atoms with Crippen LogP contribution in [0.5, 0.6) is 0 Å². The largest absolute Gasteiger partial charge is 0.382 e. The topological polar surface area (TPSA) is 111 Å². The van der Waals surface area contributed by atoms with Gasteiger partial charge in [-0.05, 0) is 13.0 Å². The second-order valence-electron chi connectivity index (χ2n) is 6.72. The number of imidazole rings is 1. The van der Waals surface area contributed by atoms with E-state index >= 15 is 0 Å². The SMILES string of the molecule is CCOCc1nc2c(N)nc3ccccc3c2n1CCOCCOCCOCCP=O. The van der Waals surface area contributed by atoms with Crippen LogP contribution in [0.25, 0.3) is 21.9 Å². The first-order chi connectivity index (χ1) is 15.3. The Labute approximate surface area is 183 Å².